The lowest BCUT2D eigenvalue weighted by atomic mass is 10.1. The number of thiophene rings is 1. The summed E-state index contributed by atoms with van der Waals surface area (Å²) >= 11 is 1.97. The number of aryl methyl sites for hydroxylation is 1. The minimum Gasteiger partial charge on any atom is -0.145 e. The molecule has 0 aliphatic carbocycles. The molecule has 0 aliphatic rings. The molecule has 0 fully saturated rings. The minimum atomic E-state index is 0.750. The minimum absolute atomic E-state index is 0.750. The van der Waals surface area contributed by atoms with E-state index in [1.54, 1.807) is 4.88 Å². The molecule has 0 bridgehead atoms. The molecule has 1 aromatic heterocycles. The highest BCUT2D eigenvalue weighted by atomic mass is 32.1. The predicted molar refractivity (Wildman–Crippen MR) is 52.4 cm³/mol. The average molecular weight is 168 g/mol. The number of hydrogen-bond acceptors (Lipinski definition) is 1. The van der Waals surface area contributed by atoms with Gasteiger partial charge in [-0.25, -0.2) is 0 Å². The molecule has 11 heavy (non-hydrogen) atoms. The van der Waals surface area contributed by atoms with Crippen molar-refractivity contribution in [1.82, 2.24) is 0 Å². The summed E-state index contributed by atoms with van der Waals surface area (Å²) < 4.78 is 0. The summed E-state index contributed by atoms with van der Waals surface area (Å²) in [6.07, 6.45) is 2.44. The van der Waals surface area contributed by atoms with Gasteiger partial charge in [0.15, 0.2) is 0 Å². The van der Waals surface area contributed by atoms with Crippen LogP contribution in [0.5, 0.6) is 0 Å². The van der Waals surface area contributed by atoms with Crippen molar-refractivity contribution in [1.29, 1.82) is 0 Å². The van der Waals surface area contributed by atoms with Crippen LogP contribution in [-0.4, -0.2) is 0 Å². The van der Waals surface area contributed by atoms with Crippen molar-refractivity contribution >= 4 is 11.3 Å². The van der Waals surface area contributed by atoms with Crippen LogP contribution >= 0.6 is 11.3 Å². The zero-order chi connectivity index (χ0) is 8.27. The second kappa shape index (κ2) is 3.91. The Hall–Kier alpha value is -0.300. The summed E-state index contributed by atoms with van der Waals surface area (Å²) in [6.45, 7) is 6.76. The highest BCUT2D eigenvalue weighted by Crippen LogP contribution is 2.26. The van der Waals surface area contributed by atoms with Gasteiger partial charge in [-0.15, -0.1) is 11.3 Å². The van der Waals surface area contributed by atoms with E-state index in [1.807, 2.05) is 11.3 Å². The molecule has 1 atom stereocenters. The van der Waals surface area contributed by atoms with Gasteiger partial charge in [0.25, 0.3) is 0 Å². The van der Waals surface area contributed by atoms with Crippen molar-refractivity contribution in [3.05, 3.63) is 21.9 Å². The normalized spacial score (nSPS) is 13.4. The van der Waals surface area contributed by atoms with E-state index in [1.165, 1.54) is 17.7 Å². The highest BCUT2D eigenvalue weighted by Gasteiger charge is 2.04. The highest BCUT2D eigenvalue weighted by molar-refractivity contribution is 7.12. The van der Waals surface area contributed by atoms with E-state index in [4.69, 9.17) is 0 Å². The van der Waals surface area contributed by atoms with Crippen LogP contribution in [0.15, 0.2) is 12.1 Å². The van der Waals surface area contributed by atoms with E-state index in [0.717, 1.165) is 5.92 Å². The molecule has 1 unspecified atom stereocenters. The molecule has 0 N–H and O–H groups in total. The Bertz CT molecular complexity index is 212. The van der Waals surface area contributed by atoms with E-state index >= 15 is 0 Å². The molecule has 0 aromatic carbocycles. The Morgan fingerprint density at radius 2 is 2.09 bits per heavy atom. The molecule has 1 aromatic rings. The second-order valence-corrected chi connectivity index (χ2v) is 4.17. The molecule has 1 rings (SSSR count). The second-order valence-electron chi connectivity index (χ2n) is 2.97. The number of rotatable bonds is 3. The van der Waals surface area contributed by atoms with Gasteiger partial charge in [0.2, 0.25) is 0 Å². The Kier molecular flexibility index (Phi) is 3.13. The van der Waals surface area contributed by atoms with E-state index < -0.39 is 0 Å². The van der Waals surface area contributed by atoms with Crippen molar-refractivity contribution in [2.45, 2.75) is 39.5 Å². The van der Waals surface area contributed by atoms with E-state index in [9.17, 15) is 0 Å². The van der Waals surface area contributed by atoms with Crippen LogP contribution in [0, 0.1) is 0 Å². The van der Waals surface area contributed by atoms with Gasteiger partial charge >= 0.3 is 0 Å². The first-order valence-electron chi connectivity index (χ1n) is 4.36. The molecule has 0 amide bonds. The Morgan fingerprint density at radius 3 is 2.55 bits per heavy atom. The fraction of sp³-hybridized carbons (Fsp3) is 0.600. The zero-order valence-electron chi connectivity index (χ0n) is 7.55. The third kappa shape index (κ3) is 2.06. The zero-order valence-corrected chi connectivity index (χ0v) is 8.37. The lowest BCUT2D eigenvalue weighted by Crippen LogP contribution is -1.84. The van der Waals surface area contributed by atoms with Crippen molar-refractivity contribution in [2.75, 3.05) is 0 Å². The smallest absolute Gasteiger partial charge is 0.00762 e. The van der Waals surface area contributed by atoms with E-state index in [-0.39, 0.29) is 0 Å². The maximum Gasteiger partial charge on any atom is 0.00762 e. The van der Waals surface area contributed by atoms with Crippen LogP contribution in [0.25, 0.3) is 0 Å². The van der Waals surface area contributed by atoms with Crippen molar-refractivity contribution < 1.29 is 0 Å². The summed E-state index contributed by atoms with van der Waals surface area (Å²) in [5.41, 5.74) is 0. The Balaban J connectivity index is 2.71. The fourth-order valence-electron chi connectivity index (χ4n) is 1.05. The largest absolute Gasteiger partial charge is 0.145 e. The van der Waals surface area contributed by atoms with Gasteiger partial charge in [-0.1, -0.05) is 20.8 Å². The Labute approximate surface area is 73.3 Å². The quantitative estimate of drug-likeness (QED) is 0.643. The van der Waals surface area contributed by atoms with Gasteiger partial charge in [0.05, 0.1) is 0 Å². The monoisotopic (exact) mass is 168 g/mol. The van der Waals surface area contributed by atoms with Gasteiger partial charge in [-0.2, -0.15) is 0 Å². The summed E-state index contributed by atoms with van der Waals surface area (Å²) in [7, 11) is 0. The molecule has 0 aliphatic heterocycles. The molecular formula is C10H16S. The summed E-state index contributed by atoms with van der Waals surface area (Å²) in [6, 6.07) is 4.53. The maximum atomic E-state index is 2.30. The van der Waals surface area contributed by atoms with Crippen LogP contribution in [0.4, 0.5) is 0 Å². The molecule has 0 saturated heterocycles. The third-order valence-electron chi connectivity index (χ3n) is 2.13. The van der Waals surface area contributed by atoms with Crippen LogP contribution in [0.2, 0.25) is 0 Å². The van der Waals surface area contributed by atoms with Crippen molar-refractivity contribution in [3.63, 3.8) is 0 Å². The summed E-state index contributed by atoms with van der Waals surface area (Å²) in [4.78, 5) is 3.06. The van der Waals surface area contributed by atoms with Crippen molar-refractivity contribution in [3.8, 4) is 0 Å². The molecule has 62 valence electrons. The van der Waals surface area contributed by atoms with Crippen LogP contribution < -0.4 is 0 Å². The Morgan fingerprint density at radius 1 is 1.36 bits per heavy atom. The van der Waals surface area contributed by atoms with Crippen LogP contribution in [-0.2, 0) is 6.42 Å². The van der Waals surface area contributed by atoms with E-state index in [0.29, 0.717) is 0 Å². The average Bonchev–Trinajstić information content (AvgIpc) is 2.50. The van der Waals surface area contributed by atoms with Crippen molar-refractivity contribution in [2.24, 2.45) is 0 Å². The van der Waals surface area contributed by atoms with E-state index in [2.05, 4.69) is 32.9 Å². The molecule has 1 heterocycles. The third-order valence-corrected chi connectivity index (χ3v) is 3.59. The molecule has 0 nitrogen and oxygen atoms in total. The first-order valence-corrected chi connectivity index (χ1v) is 5.18. The first kappa shape index (κ1) is 8.79. The van der Waals surface area contributed by atoms with Gasteiger partial charge in [0, 0.05) is 9.75 Å². The molecule has 0 saturated carbocycles. The van der Waals surface area contributed by atoms with Crippen LogP contribution in [0.3, 0.4) is 0 Å². The SMILES string of the molecule is CCc1ccc(C(C)CC)s1. The van der Waals surface area contributed by atoms with Gasteiger partial charge in [-0.3, -0.25) is 0 Å². The summed E-state index contributed by atoms with van der Waals surface area (Å²) in [5, 5.41) is 0. The van der Waals surface area contributed by atoms with Gasteiger partial charge in [0.1, 0.15) is 0 Å². The lowest BCUT2D eigenvalue weighted by molar-refractivity contribution is 0.748. The molecular weight excluding hydrogens is 152 g/mol. The fourth-order valence-corrected chi connectivity index (χ4v) is 2.14. The molecule has 0 radical (unpaired) electrons. The molecule has 0 spiro atoms. The number of hydrogen-bond donors (Lipinski definition) is 0. The summed E-state index contributed by atoms with van der Waals surface area (Å²) in [5.74, 6) is 0.750. The van der Waals surface area contributed by atoms with Gasteiger partial charge in [-0.05, 0) is 30.9 Å². The first-order chi connectivity index (χ1) is 5.27. The van der Waals surface area contributed by atoms with Gasteiger partial charge < -0.3 is 0 Å². The molecule has 1 heteroatoms. The topological polar surface area (TPSA) is 0 Å². The lowest BCUT2D eigenvalue weighted by Gasteiger charge is -2.02. The predicted octanol–water partition coefficient (Wildman–Crippen LogP) is 3.82. The maximum absolute atomic E-state index is 2.30. The standard InChI is InChI=1S/C10H16S/c1-4-8(3)10-7-6-9(5-2)11-10/h6-8H,4-5H2,1-3H3. The van der Waals surface area contributed by atoms with Crippen LogP contribution in [0.1, 0.15) is 42.9 Å².